The number of carbonyl (C=O) groups excluding carboxylic acids is 2. The van der Waals surface area contributed by atoms with Crippen molar-refractivity contribution >= 4 is 28.9 Å². The van der Waals surface area contributed by atoms with Gasteiger partial charge in [0.2, 0.25) is 18.6 Å². The summed E-state index contributed by atoms with van der Waals surface area (Å²) < 4.78 is 10.6. The quantitative estimate of drug-likeness (QED) is 0.792. The SMILES string of the molecule is CN(C)c1ccc(NC(=O)C(C)(C)C(=O)Nc2ccc3c(c2)OCO3)cc1. The van der Waals surface area contributed by atoms with Gasteiger partial charge in [-0.25, -0.2) is 0 Å². The smallest absolute Gasteiger partial charge is 0.239 e. The molecule has 2 aromatic rings. The Morgan fingerprint density at radius 1 is 0.889 bits per heavy atom. The predicted molar refractivity (Wildman–Crippen MR) is 104 cm³/mol. The van der Waals surface area contributed by atoms with Crippen molar-refractivity contribution < 1.29 is 19.1 Å². The van der Waals surface area contributed by atoms with Crippen LogP contribution in [0, 0.1) is 5.41 Å². The van der Waals surface area contributed by atoms with E-state index in [1.165, 1.54) is 0 Å². The number of anilines is 3. The molecule has 2 amide bonds. The molecule has 0 aromatic heterocycles. The molecule has 1 heterocycles. The summed E-state index contributed by atoms with van der Waals surface area (Å²) in [7, 11) is 3.88. The summed E-state index contributed by atoms with van der Waals surface area (Å²) in [5.74, 6) is 0.393. The van der Waals surface area contributed by atoms with E-state index in [1.54, 1.807) is 44.2 Å². The zero-order valence-electron chi connectivity index (χ0n) is 15.8. The molecule has 1 aliphatic heterocycles. The molecule has 7 nitrogen and oxygen atoms in total. The number of hydrogen-bond donors (Lipinski definition) is 2. The van der Waals surface area contributed by atoms with Gasteiger partial charge in [-0.15, -0.1) is 0 Å². The highest BCUT2D eigenvalue weighted by Crippen LogP contribution is 2.34. The average molecular weight is 369 g/mol. The number of benzene rings is 2. The molecule has 0 fully saturated rings. The molecule has 2 aromatic carbocycles. The molecule has 0 aliphatic carbocycles. The average Bonchev–Trinajstić information content (AvgIpc) is 3.09. The van der Waals surface area contributed by atoms with Crippen molar-refractivity contribution in [2.24, 2.45) is 5.41 Å². The number of nitrogens with zero attached hydrogens (tertiary/aromatic N) is 1. The number of rotatable bonds is 5. The molecular formula is C20H23N3O4. The van der Waals surface area contributed by atoms with Crippen LogP contribution < -0.4 is 25.0 Å². The maximum atomic E-state index is 12.7. The van der Waals surface area contributed by atoms with Gasteiger partial charge in [-0.05, 0) is 50.2 Å². The molecule has 7 heteroatoms. The molecule has 0 bridgehead atoms. The Morgan fingerprint density at radius 3 is 2.07 bits per heavy atom. The molecule has 0 unspecified atom stereocenters. The van der Waals surface area contributed by atoms with E-state index in [1.807, 2.05) is 31.1 Å². The number of carbonyl (C=O) groups is 2. The fourth-order valence-electron chi connectivity index (χ4n) is 2.50. The molecule has 0 saturated carbocycles. The first-order chi connectivity index (χ1) is 12.8. The number of amides is 2. The molecule has 0 spiro atoms. The third kappa shape index (κ3) is 3.97. The van der Waals surface area contributed by atoms with E-state index in [2.05, 4.69) is 10.6 Å². The summed E-state index contributed by atoms with van der Waals surface area (Å²) >= 11 is 0. The number of hydrogen-bond acceptors (Lipinski definition) is 5. The Hall–Kier alpha value is -3.22. The van der Waals surface area contributed by atoms with Crippen LogP contribution in [0.15, 0.2) is 42.5 Å². The highest BCUT2D eigenvalue weighted by Gasteiger charge is 2.36. The molecule has 3 rings (SSSR count). The van der Waals surface area contributed by atoms with Gasteiger partial charge in [0, 0.05) is 37.2 Å². The van der Waals surface area contributed by atoms with Crippen LogP contribution in [0.2, 0.25) is 0 Å². The van der Waals surface area contributed by atoms with E-state index < -0.39 is 17.2 Å². The van der Waals surface area contributed by atoms with E-state index in [0.717, 1.165) is 5.69 Å². The summed E-state index contributed by atoms with van der Waals surface area (Å²) in [5.41, 5.74) is 0.930. The van der Waals surface area contributed by atoms with Gasteiger partial charge in [-0.1, -0.05) is 0 Å². The first-order valence-corrected chi connectivity index (χ1v) is 8.57. The summed E-state index contributed by atoms with van der Waals surface area (Å²) in [6.07, 6.45) is 0. The van der Waals surface area contributed by atoms with Gasteiger partial charge in [0.1, 0.15) is 5.41 Å². The Kier molecular flexibility index (Phi) is 4.94. The summed E-state index contributed by atoms with van der Waals surface area (Å²) in [4.78, 5) is 27.3. The first-order valence-electron chi connectivity index (χ1n) is 8.57. The maximum absolute atomic E-state index is 12.7. The van der Waals surface area contributed by atoms with Gasteiger partial charge in [-0.3, -0.25) is 9.59 Å². The number of ether oxygens (including phenoxy) is 2. The lowest BCUT2D eigenvalue weighted by atomic mass is 9.90. The molecule has 0 saturated heterocycles. The normalized spacial score (nSPS) is 12.4. The largest absolute Gasteiger partial charge is 0.454 e. The third-order valence-corrected chi connectivity index (χ3v) is 4.41. The third-order valence-electron chi connectivity index (χ3n) is 4.41. The lowest BCUT2D eigenvalue weighted by Gasteiger charge is -2.23. The van der Waals surface area contributed by atoms with Crippen molar-refractivity contribution in [2.45, 2.75) is 13.8 Å². The van der Waals surface area contributed by atoms with Crippen molar-refractivity contribution in [3.8, 4) is 11.5 Å². The van der Waals surface area contributed by atoms with Gasteiger partial charge >= 0.3 is 0 Å². The fraction of sp³-hybridized carbons (Fsp3) is 0.300. The molecular weight excluding hydrogens is 346 g/mol. The Labute approximate surface area is 158 Å². The van der Waals surface area contributed by atoms with Crippen LogP contribution in [-0.4, -0.2) is 32.7 Å². The van der Waals surface area contributed by atoms with E-state index in [4.69, 9.17) is 9.47 Å². The Bertz CT molecular complexity index is 860. The zero-order chi connectivity index (χ0) is 19.6. The molecule has 2 N–H and O–H groups in total. The van der Waals surface area contributed by atoms with Crippen molar-refractivity contribution in [3.05, 3.63) is 42.5 Å². The van der Waals surface area contributed by atoms with Gasteiger partial charge in [-0.2, -0.15) is 0 Å². The van der Waals surface area contributed by atoms with Crippen LogP contribution in [-0.2, 0) is 9.59 Å². The number of nitrogens with one attached hydrogen (secondary N) is 2. The predicted octanol–water partition coefficient (Wildman–Crippen LogP) is 3.08. The van der Waals surface area contributed by atoms with E-state index >= 15 is 0 Å². The molecule has 0 atom stereocenters. The summed E-state index contributed by atoms with van der Waals surface area (Å²) in [6, 6.07) is 12.5. The van der Waals surface area contributed by atoms with Crippen LogP contribution in [0.1, 0.15) is 13.8 Å². The monoisotopic (exact) mass is 369 g/mol. The highest BCUT2D eigenvalue weighted by atomic mass is 16.7. The molecule has 1 aliphatic rings. The minimum absolute atomic E-state index is 0.160. The fourth-order valence-corrected chi connectivity index (χ4v) is 2.50. The van der Waals surface area contributed by atoms with Crippen molar-refractivity contribution in [1.82, 2.24) is 0 Å². The summed E-state index contributed by atoms with van der Waals surface area (Å²) in [6.45, 7) is 3.32. The number of fused-ring (bicyclic) bond motifs is 1. The van der Waals surface area contributed by atoms with Gasteiger partial charge < -0.3 is 25.0 Å². The van der Waals surface area contributed by atoms with Gasteiger partial charge in [0.15, 0.2) is 11.5 Å². The summed E-state index contributed by atoms with van der Waals surface area (Å²) in [5, 5.41) is 5.55. The van der Waals surface area contributed by atoms with Crippen LogP contribution in [0.4, 0.5) is 17.1 Å². The minimum atomic E-state index is -1.27. The minimum Gasteiger partial charge on any atom is -0.454 e. The topological polar surface area (TPSA) is 79.9 Å². The molecule has 27 heavy (non-hydrogen) atoms. The first kappa shape index (κ1) is 18.6. The second-order valence-corrected chi connectivity index (χ2v) is 7.04. The lowest BCUT2D eigenvalue weighted by Crippen LogP contribution is -2.41. The molecule has 142 valence electrons. The van der Waals surface area contributed by atoms with E-state index in [0.29, 0.717) is 22.9 Å². The van der Waals surface area contributed by atoms with E-state index in [9.17, 15) is 9.59 Å². The standard InChI is InChI=1S/C20H23N3O4/c1-20(2,18(24)21-13-5-8-15(9-6-13)23(3)4)19(25)22-14-7-10-16-17(11-14)27-12-26-16/h5-11H,12H2,1-4H3,(H,21,24)(H,22,25). The van der Waals surface area contributed by atoms with Gasteiger partial charge in [0.05, 0.1) is 0 Å². The van der Waals surface area contributed by atoms with Crippen molar-refractivity contribution in [2.75, 3.05) is 36.4 Å². The Morgan fingerprint density at radius 2 is 1.44 bits per heavy atom. The van der Waals surface area contributed by atoms with Crippen LogP contribution >= 0.6 is 0 Å². The van der Waals surface area contributed by atoms with Crippen LogP contribution in [0.25, 0.3) is 0 Å². The molecule has 0 radical (unpaired) electrons. The van der Waals surface area contributed by atoms with E-state index in [-0.39, 0.29) is 6.79 Å². The maximum Gasteiger partial charge on any atom is 0.239 e. The van der Waals surface area contributed by atoms with Gasteiger partial charge in [0.25, 0.3) is 0 Å². The lowest BCUT2D eigenvalue weighted by molar-refractivity contribution is -0.135. The van der Waals surface area contributed by atoms with Crippen molar-refractivity contribution in [3.63, 3.8) is 0 Å². The van der Waals surface area contributed by atoms with Crippen LogP contribution in [0.5, 0.6) is 11.5 Å². The second-order valence-electron chi connectivity index (χ2n) is 7.04. The highest BCUT2D eigenvalue weighted by molar-refractivity contribution is 6.14. The van der Waals surface area contributed by atoms with Crippen molar-refractivity contribution in [1.29, 1.82) is 0 Å². The zero-order valence-corrected chi connectivity index (χ0v) is 15.8. The van der Waals surface area contributed by atoms with Crippen LogP contribution in [0.3, 0.4) is 0 Å². The Balaban J connectivity index is 1.66. The second kappa shape index (κ2) is 7.19.